The summed E-state index contributed by atoms with van der Waals surface area (Å²) in [5.74, 6) is 0.843. The number of rotatable bonds is 12. The van der Waals surface area contributed by atoms with Gasteiger partial charge in [0.05, 0.1) is 33.0 Å². The molecule has 128 valence electrons. The van der Waals surface area contributed by atoms with Crippen LogP contribution in [0.4, 0.5) is 0 Å². The van der Waals surface area contributed by atoms with E-state index in [1.165, 1.54) is 10.9 Å². The summed E-state index contributed by atoms with van der Waals surface area (Å²) in [6.07, 6.45) is 2.86. The van der Waals surface area contributed by atoms with Crippen LogP contribution in [0.25, 0.3) is 10.9 Å². The molecule has 3 N–H and O–H groups in total. The van der Waals surface area contributed by atoms with Crippen LogP contribution in [-0.2, 0) is 20.6 Å². The lowest BCUT2D eigenvalue weighted by molar-refractivity contribution is 0.0180. The van der Waals surface area contributed by atoms with Gasteiger partial charge in [-0.1, -0.05) is 0 Å². The van der Waals surface area contributed by atoms with Crippen molar-refractivity contribution >= 4 is 10.9 Å². The Morgan fingerprint density at radius 2 is 1.74 bits per heavy atom. The number of nitrogens with two attached hydrogens (primary N) is 1. The van der Waals surface area contributed by atoms with Gasteiger partial charge in [0.2, 0.25) is 0 Å². The number of H-pyrrole nitrogens is 1. The molecule has 0 saturated heterocycles. The summed E-state index contributed by atoms with van der Waals surface area (Å²) in [7, 11) is 1.65. The fourth-order valence-corrected chi connectivity index (χ4v) is 2.29. The average molecular weight is 322 g/mol. The van der Waals surface area contributed by atoms with Crippen LogP contribution in [-0.4, -0.2) is 58.3 Å². The summed E-state index contributed by atoms with van der Waals surface area (Å²) >= 11 is 0. The third kappa shape index (κ3) is 5.84. The molecule has 0 aliphatic carbocycles. The number of benzene rings is 1. The van der Waals surface area contributed by atoms with Crippen molar-refractivity contribution in [3.8, 4) is 5.75 Å². The molecule has 6 nitrogen and oxygen atoms in total. The maximum Gasteiger partial charge on any atom is 0.120 e. The molecule has 0 bridgehead atoms. The average Bonchev–Trinajstić information content (AvgIpc) is 2.96. The summed E-state index contributed by atoms with van der Waals surface area (Å²) in [5, 5.41) is 1.17. The first-order valence-corrected chi connectivity index (χ1v) is 7.92. The monoisotopic (exact) mass is 322 g/mol. The van der Waals surface area contributed by atoms with Crippen LogP contribution in [0.15, 0.2) is 24.4 Å². The molecule has 0 amide bonds. The number of hydrogen-bond acceptors (Lipinski definition) is 5. The van der Waals surface area contributed by atoms with Crippen LogP contribution >= 0.6 is 0 Å². The molecule has 0 unspecified atom stereocenters. The van der Waals surface area contributed by atoms with Crippen LogP contribution in [0.2, 0.25) is 0 Å². The summed E-state index contributed by atoms with van der Waals surface area (Å²) in [6, 6.07) is 6.03. The third-order valence-corrected chi connectivity index (χ3v) is 3.45. The summed E-state index contributed by atoms with van der Waals surface area (Å²) in [5.41, 5.74) is 7.96. The van der Waals surface area contributed by atoms with Crippen molar-refractivity contribution in [1.29, 1.82) is 0 Å². The van der Waals surface area contributed by atoms with Gasteiger partial charge in [-0.2, -0.15) is 0 Å². The Hall–Kier alpha value is -1.60. The molecular formula is C17H26N2O4. The Kier molecular flexibility index (Phi) is 7.89. The van der Waals surface area contributed by atoms with E-state index in [2.05, 4.69) is 4.98 Å². The molecule has 0 fully saturated rings. The molecule has 1 heterocycles. The van der Waals surface area contributed by atoms with E-state index in [0.717, 1.165) is 17.7 Å². The van der Waals surface area contributed by atoms with Gasteiger partial charge in [0.15, 0.2) is 0 Å². The van der Waals surface area contributed by atoms with Gasteiger partial charge in [0, 0.05) is 24.2 Å². The molecular weight excluding hydrogens is 296 g/mol. The van der Waals surface area contributed by atoms with Crippen LogP contribution in [0.1, 0.15) is 5.56 Å². The zero-order valence-corrected chi connectivity index (χ0v) is 13.7. The highest BCUT2D eigenvalue weighted by Crippen LogP contribution is 2.23. The van der Waals surface area contributed by atoms with Gasteiger partial charge in [-0.25, -0.2) is 0 Å². The second kappa shape index (κ2) is 10.2. The number of aromatic nitrogens is 1. The van der Waals surface area contributed by atoms with Crippen molar-refractivity contribution in [2.75, 3.05) is 53.3 Å². The Morgan fingerprint density at radius 3 is 2.48 bits per heavy atom. The van der Waals surface area contributed by atoms with Crippen LogP contribution < -0.4 is 10.5 Å². The van der Waals surface area contributed by atoms with E-state index in [1.54, 1.807) is 7.11 Å². The van der Waals surface area contributed by atoms with Crippen LogP contribution in [0, 0.1) is 0 Å². The first-order valence-electron chi connectivity index (χ1n) is 7.92. The van der Waals surface area contributed by atoms with E-state index in [-0.39, 0.29) is 0 Å². The second-order valence-electron chi connectivity index (χ2n) is 5.13. The Labute approximate surface area is 136 Å². The number of hydrogen-bond donors (Lipinski definition) is 2. The quantitative estimate of drug-likeness (QED) is 0.582. The van der Waals surface area contributed by atoms with Gasteiger partial charge in [0.25, 0.3) is 0 Å². The fraction of sp³-hybridized carbons (Fsp3) is 0.529. The number of nitrogens with one attached hydrogen (secondary N) is 1. The molecule has 0 radical (unpaired) electrons. The number of methoxy groups -OCH3 is 1. The lowest BCUT2D eigenvalue weighted by Gasteiger charge is -2.08. The summed E-state index contributed by atoms with van der Waals surface area (Å²) in [6.45, 7) is 4.02. The minimum atomic E-state index is 0.514. The highest BCUT2D eigenvalue weighted by atomic mass is 16.6. The normalized spacial score (nSPS) is 11.2. The minimum absolute atomic E-state index is 0.514. The molecule has 1 aromatic heterocycles. The highest BCUT2D eigenvalue weighted by molar-refractivity contribution is 5.84. The van der Waals surface area contributed by atoms with E-state index >= 15 is 0 Å². The molecule has 1 aromatic carbocycles. The number of aromatic amines is 1. The van der Waals surface area contributed by atoms with E-state index in [4.69, 9.17) is 24.7 Å². The number of ether oxygens (including phenoxy) is 4. The van der Waals surface area contributed by atoms with Crippen molar-refractivity contribution in [2.45, 2.75) is 6.42 Å². The van der Waals surface area contributed by atoms with E-state index < -0.39 is 0 Å². The predicted octanol–water partition coefficient (Wildman–Crippen LogP) is 1.73. The maximum absolute atomic E-state index is 5.73. The van der Waals surface area contributed by atoms with Gasteiger partial charge in [0.1, 0.15) is 12.4 Å². The molecule has 0 spiro atoms. The predicted molar refractivity (Wildman–Crippen MR) is 90.1 cm³/mol. The smallest absolute Gasteiger partial charge is 0.120 e. The molecule has 6 heteroatoms. The zero-order valence-electron chi connectivity index (χ0n) is 13.7. The molecule has 2 aromatic rings. The van der Waals surface area contributed by atoms with Gasteiger partial charge in [-0.3, -0.25) is 0 Å². The van der Waals surface area contributed by atoms with E-state index in [0.29, 0.717) is 46.2 Å². The second-order valence-corrected chi connectivity index (χ2v) is 5.13. The van der Waals surface area contributed by atoms with Crippen LogP contribution in [0.5, 0.6) is 5.75 Å². The molecule has 0 atom stereocenters. The number of fused-ring (bicyclic) bond motifs is 1. The van der Waals surface area contributed by atoms with Crippen LogP contribution in [0.3, 0.4) is 0 Å². The lowest BCUT2D eigenvalue weighted by Crippen LogP contribution is -2.12. The molecule has 0 aliphatic heterocycles. The van der Waals surface area contributed by atoms with Crippen molar-refractivity contribution in [3.05, 3.63) is 30.0 Å². The largest absolute Gasteiger partial charge is 0.491 e. The maximum atomic E-state index is 5.73. The Balaban J connectivity index is 1.67. The van der Waals surface area contributed by atoms with Gasteiger partial charge >= 0.3 is 0 Å². The standard InChI is InChI=1S/C17H26N2O4/c1-20-6-7-21-8-9-22-10-11-23-15-2-3-17-16(12-15)14(4-5-18)13-19-17/h2-3,12-13,19H,4-11,18H2,1H3. The van der Waals surface area contributed by atoms with Gasteiger partial charge in [-0.15, -0.1) is 0 Å². The molecule has 0 aliphatic rings. The third-order valence-electron chi connectivity index (χ3n) is 3.45. The molecule has 2 rings (SSSR count). The van der Waals surface area contributed by atoms with E-state index in [1.807, 2.05) is 24.4 Å². The lowest BCUT2D eigenvalue weighted by atomic mass is 10.1. The van der Waals surface area contributed by atoms with Crippen molar-refractivity contribution in [3.63, 3.8) is 0 Å². The zero-order chi connectivity index (χ0) is 16.3. The highest BCUT2D eigenvalue weighted by Gasteiger charge is 2.04. The van der Waals surface area contributed by atoms with Crippen molar-refractivity contribution in [2.24, 2.45) is 5.73 Å². The summed E-state index contributed by atoms with van der Waals surface area (Å²) < 4.78 is 21.4. The topological polar surface area (TPSA) is 78.7 Å². The van der Waals surface area contributed by atoms with Crippen molar-refractivity contribution in [1.82, 2.24) is 4.98 Å². The summed E-state index contributed by atoms with van der Waals surface area (Å²) in [4.78, 5) is 3.25. The SMILES string of the molecule is COCCOCCOCCOc1ccc2[nH]cc(CCN)c2c1. The first-order chi connectivity index (χ1) is 11.3. The minimum Gasteiger partial charge on any atom is -0.491 e. The molecule has 0 saturated carbocycles. The fourth-order valence-electron chi connectivity index (χ4n) is 2.29. The Bertz CT molecular complexity index is 571. The van der Waals surface area contributed by atoms with Gasteiger partial charge < -0.3 is 29.7 Å². The van der Waals surface area contributed by atoms with Crippen molar-refractivity contribution < 1.29 is 18.9 Å². The van der Waals surface area contributed by atoms with E-state index in [9.17, 15) is 0 Å². The first kappa shape index (κ1) is 17.7. The van der Waals surface area contributed by atoms with Gasteiger partial charge in [-0.05, 0) is 36.7 Å². The molecule has 23 heavy (non-hydrogen) atoms. The Morgan fingerprint density at radius 1 is 1.00 bits per heavy atom.